The van der Waals surface area contributed by atoms with Crippen LogP contribution >= 0.6 is 0 Å². The summed E-state index contributed by atoms with van der Waals surface area (Å²) in [6, 6.07) is 12.6. The maximum atomic E-state index is 14.1. The Morgan fingerprint density at radius 3 is 2.56 bits per heavy atom. The zero-order valence-electron chi connectivity index (χ0n) is 22.3. The first-order valence-electron chi connectivity index (χ1n) is 13.1. The highest BCUT2D eigenvalue weighted by molar-refractivity contribution is 5.87. The summed E-state index contributed by atoms with van der Waals surface area (Å²) in [5.74, 6) is -1.07. The zero-order chi connectivity index (χ0) is 30.5. The molecule has 0 unspecified atom stereocenters. The van der Waals surface area contributed by atoms with E-state index >= 15 is 0 Å². The van der Waals surface area contributed by atoms with Crippen LogP contribution in [0.3, 0.4) is 0 Å². The van der Waals surface area contributed by atoms with Crippen LogP contribution in [0, 0.1) is 0 Å². The largest absolute Gasteiger partial charge is 0.586 e. The first-order valence-corrected chi connectivity index (χ1v) is 13.1. The minimum absolute atomic E-state index is 0.00992. The number of alkyl halides is 5. The molecule has 1 aliphatic carbocycles. The lowest BCUT2D eigenvalue weighted by atomic mass is 9.93. The quantitative estimate of drug-likeness (QED) is 0.228. The summed E-state index contributed by atoms with van der Waals surface area (Å²) in [6.45, 7) is 1.64. The minimum atomic E-state index is -4.72. The third-order valence-corrected chi connectivity index (χ3v) is 7.02. The standard InChI is InChI=1S/C29H22F5N3O6/c1-15(17-7-10-21-23(13-17)43-29(33,34)42-21)40-24-14-18(11-12-35-24)37-25-20(26(36-37)28(30,31)32)3-2-4-22(25)41-19-8-5-16(6-9-19)27(38)39/h5-15,22H,2-4H2,1H3,(H,38,39)/t15-,22+/m0/s1. The number of ether oxygens (including phenoxy) is 4. The van der Waals surface area contributed by atoms with Crippen molar-refractivity contribution in [3.8, 4) is 28.8 Å². The smallest absolute Gasteiger partial charge is 0.484 e. The summed E-state index contributed by atoms with van der Waals surface area (Å²) in [6.07, 6.45) is -7.73. The van der Waals surface area contributed by atoms with E-state index in [1.165, 1.54) is 60.8 Å². The molecule has 43 heavy (non-hydrogen) atoms. The maximum absolute atomic E-state index is 14.1. The molecule has 2 aliphatic rings. The number of carboxylic acid groups (broad SMARTS) is 1. The molecular formula is C29H22F5N3O6. The monoisotopic (exact) mass is 603 g/mol. The van der Waals surface area contributed by atoms with E-state index in [0.29, 0.717) is 24.2 Å². The van der Waals surface area contributed by atoms with Crippen molar-refractivity contribution in [2.24, 2.45) is 0 Å². The molecule has 14 heteroatoms. The van der Waals surface area contributed by atoms with Gasteiger partial charge in [0, 0.05) is 17.8 Å². The number of halogens is 5. The van der Waals surface area contributed by atoms with Crippen LogP contribution in [0.4, 0.5) is 22.0 Å². The van der Waals surface area contributed by atoms with E-state index in [4.69, 9.17) is 14.6 Å². The SMILES string of the molecule is C[C@H](Oc1cc(-n2nc(C(F)(F)F)c3c2[C@H](Oc2ccc(C(=O)O)cc2)CCC3)ccn1)c1ccc2c(c1)OC(F)(F)O2. The third kappa shape index (κ3) is 5.64. The van der Waals surface area contributed by atoms with Crippen LogP contribution in [0.15, 0.2) is 60.8 Å². The highest BCUT2D eigenvalue weighted by atomic mass is 19.4. The lowest BCUT2D eigenvalue weighted by Crippen LogP contribution is -2.25. The van der Waals surface area contributed by atoms with E-state index in [2.05, 4.69) is 19.6 Å². The number of aromatic nitrogens is 3. The second-order valence-corrected chi connectivity index (χ2v) is 9.94. The maximum Gasteiger partial charge on any atom is 0.586 e. The van der Waals surface area contributed by atoms with Crippen LogP contribution in [-0.2, 0) is 12.6 Å². The first-order chi connectivity index (χ1) is 20.4. The molecule has 0 spiro atoms. The van der Waals surface area contributed by atoms with Crippen LogP contribution < -0.4 is 18.9 Å². The molecule has 9 nitrogen and oxygen atoms in total. The predicted octanol–water partition coefficient (Wildman–Crippen LogP) is 6.90. The number of hydrogen-bond acceptors (Lipinski definition) is 7. The number of aromatic carboxylic acids is 1. The fraction of sp³-hybridized carbons (Fsp3) is 0.276. The van der Waals surface area contributed by atoms with Crippen molar-refractivity contribution in [3.05, 3.63) is 88.9 Å². The van der Waals surface area contributed by atoms with Gasteiger partial charge >= 0.3 is 18.4 Å². The molecule has 0 bridgehead atoms. The molecule has 2 aromatic heterocycles. The van der Waals surface area contributed by atoms with Gasteiger partial charge in [0.25, 0.3) is 0 Å². The molecule has 1 aliphatic heterocycles. The molecule has 6 rings (SSSR count). The van der Waals surface area contributed by atoms with Crippen LogP contribution in [-0.4, -0.2) is 32.1 Å². The Morgan fingerprint density at radius 1 is 1.09 bits per heavy atom. The molecule has 1 N–H and O–H groups in total. The van der Waals surface area contributed by atoms with Gasteiger partial charge in [-0.05, 0) is 74.2 Å². The fourth-order valence-electron chi connectivity index (χ4n) is 5.08. The van der Waals surface area contributed by atoms with Gasteiger partial charge in [-0.1, -0.05) is 6.07 Å². The average Bonchev–Trinajstić information content (AvgIpc) is 3.50. The molecule has 0 saturated heterocycles. The Morgan fingerprint density at radius 2 is 1.84 bits per heavy atom. The van der Waals surface area contributed by atoms with Crippen LogP contribution in [0.5, 0.6) is 23.1 Å². The summed E-state index contributed by atoms with van der Waals surface area (Å²) in [7, 11) is 0. The number of fused-ring (bicyclic) bond motifs is 2. The van der Waals surface area contributed by atoms with Gasteiger partial charge in [0.15, 0.2) is 17.2 Å². The lowest BCUT2D eigenvalue weighted by Gasteiger charge is -2.26. The fourth-order valence-corrected chi connectivity index (χ4v) is 5.08. The van der Waals surface area contributed by atoms with Gasteiger partial charge in [-0.2, -0.15) is 18.3 Å². The average molecular weight is 604 g/mol. The van der Waals surface area contributed by atoms with Gasteiger partial charge in [0.1, 0.15) is 18.0 Å². The predicted molar refractivity (Wildman–Crippen MR) is 138 cm³/mol. The van der Waals surface area contributed by atoms with E-state index in [1.807, 2.05) is 0 Å². The second-order valence-electron chi connectivity index (χ2n) is 9.94. The molecule has 0 saturated carbocycles. The highest BCUT2D eigenvalue weighted by Crippen LogP contribution is 2.44. The van der Waals surface area contributed by atoms with E-state index in [9.17, 15) is 26.7 Å². The highest BCUT2D eigenvalue weighted by Gasteiger charge is 2.44. The molecule has 0 amide bonds. The Kier molecular flexibility index (Phi) is 6.86. The van der Waals surface area contributed by atoms with Gasteiger partial charge < -0.3 is 24.1 Å². The van der Waals surface area contributed by atoms with E-state index < -0.39 is 36.3 Å². The number of rotatable bonds is 7. The molecule has 0 fully saturated rings. The third-order valence-electron chi connectivity index (χ3n) is 7.02. The van der Waals surface area contributed by atoms with E-state index in [0.717, 1.165) is 4.68 Å². The van der Waals surface area contributed by atoms with Crippen molar-refractivity contribution in [2.75, 3.05) is 0 Å². The summed E-state index contributed by atoms with van der Waals surface area (Å²) in [5, 5.41) is 13.1. The number of carboxylic acids is 1. The Balaban J connectivity index is 1.31. The zero-order valence-corrected chi connectivity index (χ0v) is 22.3. The number of pyridine rings is 1. The van der Waals surface area contributed by atoms with Gasteiger partial charge in [-0.3, -0.25) is 0 Å². The van der Waals surface area contributed by atoms with Crippen molar-refractivity contribution in [1.82, 2.24) is 14.8 Å². The number of carbonyl (C=O) groups is 1. The minimum Gasteiger partial charge on any atom is -0.484 e. The number of nitrogens with zero attached hydrogens (tertiary/aromatic N) is 3. The van der Waals surface area contributed by atoms with Crippen molar-refractivity contribution in [2.45, 2.75) is 50.9 Å². The lowest BCUT2D eigenvalue weighted by molar-refractivity contribution is -0.286. The van der Waals surface area contributed by atoms with E-state index in [1.54, 1.807) is 6.92 Å². The summed E-state index contributed by atoms with van der Waals surface area (Å²) >= 11 is 0. The van der Waals surface area contributed by atoms with Gasteiger partial charge in [0.05, 0.1) is 16.9 Å². The Bertz CT molecular complexity index is 1690. The molecule has 224 valence electrons. The molecule has 3 heterocycles. The molecule has 2 aromatic carbocycles. The normalized spacial score (nSPS) is 17.7. The summed E-state index contributed by atoms with van der Waals surface area (Å²) in [4.78, 5) is 15.4. The number of hydrogen-bond donors (Lipinski definition) is 1. The van der Waals surface area contributed by atoms with Gasteiger partial charge in [-0.25, -0.2) is 14.5 Å². The number of benzene rings is 2. The summed E-state index contributed by atoms with van der Waals surface area (Å²) in [5.41, 5.74) is -0.0740. The van der Waals surface area contributed by atoms with Crippen molar-refractivity contribution >= 4 is 5.97 Å². The molecular weight excluding hydrogens is 581 g/mol. The van der Waals surface area contributed by atoms with Crippen molar-refractivity contribution in [1.29, 1.82) is 0 Å². The first kappa shape index (κ1) is 28.2. The summed E-state index contributed by atoms with van der Waals surface area (Å²) < 4.78 is 91.1. The molecule has 2 atom stereocenters. The van der Waals surface area contributed by atoms with Crippen LogP contribution in [0.2, 0.25) is 0 Å². The van der Waals surface area contributed by atoms with Crippen LogP contribution in [0.25, 0.3) is 5.69 Å². The van der Waals surface area contributed by atoms with Crippen LogP contribution in [0.1, 0.15) is 64.8 Å². The van der Waals surface area contributed by atoms with E-state index in [-0.39, 0.29) is 46.3 Å². The molecule has 4 aromatic rings. The van der Waals surface area contributed by atoms with Crippen molar-refractivity contribution in [3.63, 3.8) is 0 Å². The second kappa shape index (κ2) is 10.4. The van der Waals surface area contributed by atoms with Gasteiger partial charge in [0.2, 0.25) is 5.88 Å². The molecule has 0 radical (unpaired) electrons. The Hall–Kier alpha value is -4.88. The topological polar surface area (TPSA) is 105 Å². The Labute approximate surface area is 240 Å². The van der Waals surface area contributed by atoms with Gasteiger partial charge in [-0.15, -0.1) is 8.78 Å². The van der Waals surface area contributed by atoms with Crippen molar-refractivity contribution < 1.29 is 50.8 Å².